The number of nitrogens with zero attached hydrogens (tertiary/aromatic N) is 3. The van der Waals surface area contributed by atoms with Crippen molar-refractivity contribution in [3.8, 4) is 11.3 Å². The van der Waals surface area contributed by atoms with Gasteiger partial charge in [0, 0.05) is 18.1 Å². The number of amides is 1. The van der Waals surface area contributed by atoms with E-state index in [0.717, 1.165) is 19.8 Å². The predicted octanol–water partition coefficient (Wildman–Crippen LogP) is 4.05. The number of halogens is 2. The Morgan fingerprint density at radius 3 is 2.77 bits per heavy atom. The highest BCUT2D eigenvalue weighted by Crippen LogP contribution is 2.44. The molecule has 2 aromatic rings. The van der Waals surface area contributed by atoms with Gasteiger partial charge in [0.2, 0.25) is 0 Å². The highest BCUT2D eigenvalue weighted by atomic mass is 19.3. The van der Waals surface area contributed by atoms with Gasteiger partial charge in [-0.3, -0.25) is 9.88 Å². The van der Waals surface area contributed by atoms with Gasteiger partial charge in [0.25, 0.3) is 5.92 Å². The molecule has 7 heteroatoms. The minimum Gasteiger partial charge on any atom is -0.441 e. The number of aryl methyl sites for hydroxylation is 1. The maximum Gasteiger partial charge on any atom is 0.410 e. The minimum atomic E-state index is -2.92. The van der Waals surface area contributed by atoms with Crippen LogP contribution in [0.3, 0.4) is 0 Å². The predicted molar refractivity (Wildman–Crippen MR) is 90.6 cm³/mol. The number of hydrogen-bond acceptors (Lipinski definition) is 4. The zero-order chi connectivity index (χ0) is 18.5. The Bertz CT molecular complexity index is 875. The molecule has 5 nitrogen and oxygen atoms in total. The smallest absolute Gasteiger partial charge is 0.410 e. The number of carbonyl (C=O) groups is 1. The average Bonchev–Trinajstić information content (AvgIpc) is 3.26. The monoisotopic (exact) mass is 359 g/mol. The Morgan fingerprint density at radius 2 is 2.12 bits per heavy atom. The zero-order valence-electron chi connectivity index (χ0n) is 14.6. The van der Waals surface area contributed by atoms with Crippen LogP contribution in [0.1, 0.15) is 36.7 Å². The third kappa shape index (κ3) is 3.13. The van der Waals surface area contributed by atoms with Crippen LogP contribution < -0.4 is 0 Å². The van der Waals surface area contributed by atoms with Crippen molar-refractivity contribution in [3.05, 3.63) is 47.4 Å². The number of hydrogen-bond donors (Lipinski definition) is 0. The molecule has 26 heavy (non-hydrogen) atoms. The molecule has 136 valence electrons. The molecule has 1 saturated heterocycles. The number of carbonyl (C=O) groups excluding carboxylic acids is 1. The first-order valence-electron chi connectivity index (χ1n) is 8.55. The second-order valence-corrected chi connectivity index (χ2v) is 7.16. The molecule has 4 rings (SSSR count). The molecule has 0 radical (unpaired) electrons. The zero-order valence-corrected chi connectivity index (χ0v) is 14.6. The quantitative estimate of drug-likeness (QED) is 0.826. The SMILES string of the molecule is Cc1ncc(-c2cccc(C(C)(F)F)c2)nc1CN1CC2(CC2)OC1=O. The van der Waals surface area contributed by atoms with E-state index in [9.17, 15) is 13.6 Å². The first-order chi connectivity index (χ1) is 12.3. The number of ether oxygens (including phenoxy) is 1. The molecule has 1 aromatic carbocycles. The summed E-state index contributed by atoms with van der Waals surface area (Å²) in [5, 5.41) is 0. The minimum absolute atomic E-state index is 0.0716. The molecular formula is C19H19F2N3O2. The molecule has 0 unspecified atom stereocenters. The van der Waals surface area contributed by atoms with E-state index in [4.69, 9.17) is 4.74 Å². The van der Waals surface area contributed by atoms with Gasteiger partial charge in [0.1, 0.15) is 5.60 Å². The van der Waals surface area contributed by atoms with Crippen LogP contribution >= 0.6 is 0 Å². The third-order valence-corrected chi connectivity index (χ3v) is 4.91. The van der Waals surface area contributed by atoms with Gasteiger partial charge in [-0.2, -0.15) is 0 Å². The topological polar surface area (TPSA) is 55.3 Å². The number of alkyl halides is 2. The van der Waals surface area contributed by atoms with Crippen LogP contribution in [-0.2, 0) is 17.2 Å². The number of aromatic nitrogens is 2. The summed E-state index contributed by atoms with van der Waals surface area (Å²) in [6, 6.07) is 6.12. The van der Waals surface area contributed by atoms with Gasteiger partial charge in [-0.05, 0) is 25.8 Å². The van der Waals surface area contributed by atoms with E-state index >= 15 is 0 Å². The lowest BCUT2D eigenvalue weighted by Gasteiger charge is -2.15. The van der Waals surface area contributed by atoms with Crippen molar-refractivity contribution < 1.29 is 18.3 Å². The summed E-state index contributed by atoms with van der Waals surface area (Å²) in [6.07, 6.45) is 3.04. The second kappa shape index (κ2) is 5.72. The van der Waals surface area contributed by atoms with Crippen LogP contribution in [0.4, 0.5) is 13.6 Å². The van der Waals surface area contributed by atoms with Crippen LogP contribution in [-0.4, -0.2) is 33.1 Å². The summed E-state index contributed by atoms with van der Waals surface area (Å²) in [6.45, 7) is 3.55. The molecule has 1 amide bonds. The van der Waals surface area contributed by atoms with E-state index in [-0.39, 0.29) is 17.3 Å². The largest absolute Gasteiger partial charge is 0.441 e. The van der Waals surface area contributed by atoms with Gasteiger partial charge < -0.3 is 4.74 Å². The molecule has 2 aliphatic rings. The van der Waals surface area contributed by atoms with Gasteiger partial charge >= 0.3 is 6.09 Å². The summed E-state index contributed by atoms with van der Waals surface area (Å²) in [5.41, 5.74) is 2.06. The van der Waals surface area contributed by atoms with Crippen molar-refractivity contribution >= 4 is 6.09 Å². The van der Waals surface area contributed by atoms with Crippen molar-refractivity contribution in [2.45, 2.75) is 44.8 Å². The molecule has 2 fully saturated rings. The van der Waals surface area contributed by atoms with Crippen molar-refractivity contribution in [2.24, 2.45) is 0 Å². The first kappa shape index (κ1) is 16.9. The molecule has 1 spiro atoms. The maximum absolute atomic E-state index is 13.6. The lowest BCUT2D eigenvalue weighted by molar-refractivity contribution is 0.0175. The van der Waals surface area contributed by atoms with Crippen molar-refractivity contribution in [1.29, 1.82) is 0 Å². The lowest BCUT2D eigenvalue weighted by atomic mass is 10.0. The molecule has 1 aromatic heterocycles. The molecule has 1 aliphatic heterocycles. The van der Waals surface area contributed by atoms with E-state index < -0.39 is 5.92 Å². The van der Waals surface area contributed by atoms with E-state index in [1.54, 1.807) is 23.2 Å². The summed E-state index contributed by atoms with van der Waals surface area (Å²) in [7, 11) is 0. The summed E-state index contributed by atoms with van der Waals surface area (Å²) < 4.78 is 32.6. The lowest BCUT2D eigenvalue weighted by Crippen LogP contribution is -2.26. The molecule has 0 N–H and O–H groups in total. The van der Waals surface area contributed by atoms with E-state index in [0.29, 0.717) is 35.7 Å². The van der Waals surface area contributed by atoms with Crippen molar-refractivity contribution in [1.82, 2.24) is 14.9 Å². The van der Waals surface area contributed by atoms with Gasteiger partial charge in [0.15, 0.2) is 0 Å². The number of benzene rings is 1. The number of rotatable bonds is 4. The summed E-state index contributed by atoms with van der Waals surface area (Å²) in [4.78, 5) is 22.6. The molecule has 0 bridgehead atoms. The first-order valence-corrected chi connectivity index (χ1v) is 8.55. The Hall–Kier alpha value is -2.57. The Labute approximate surface area is 150 Å². The van der Waals surface area contributed by atoms with Crippen LogP contribution in [0.2, 0.25) is 0 Å². The van der Waals surface area contributed by atoms with Crippen LogP contribution in [0.15, 0.2) is 30.5 Å². The van der Waals surface area contributed by atoms with E-state index in [2.05, 4.69) is 9.97 Å². The van der Waals surface area contributed by atoms with E-state index in [1.165, 1.54) is 12.1 Å². The highest BCUT2D eigenvalue weighted by molar-refractivity contribution is 5.71. The second-order valence-electron chi connectivity index (χ2n) is 7.16. The average molecular weight is 359 g/mol. The van der Waals surface area contributed by atoms with Crippen LogP contribution in [0, 0.1) is 6.92 Å². The van der Waals surface area contributed by atoms with Gasteiger partial charge in [0.05, 0.1) is 36.4 Å². The van der Waals surface area contributed by atoms with Crippen molar-refractivity contribution in [3.63, 3.8) is 0 Å². The fraction of sp³-hybridized carbons (Fsp3) is 0.421. The molecule has 1 saturated carbocycles. The summed E-state index contributed by atoms with van der Waals surface area (Å²) in [5.74, 6) is -2.92. The van der Waals surface area contributed by atoms with Gasteiger partial charge in [-0.25, -0.2) is 18.6 Å². The summed E-state index contributed by atoms with van der Waals surface area (Å²) >= 11 is 0. The van der Waals surface area contributed by atoms with E-state index in [1.807, 2.05) is 6.92 Å². The normalized spacial score (nSPS) is 18.3. The molecule has 2 heterocycles. The third-order valence-electron chi connectivity index (χ3n) is 4.91. The highest BCUT2D eigenvalue weighted by Gasteiger charge is 2.54. The standard InChI is InChI=1S/C19H19F2N3O2/c1-12-16(10-24-11-19(6-7-19)26-17(24)25)23-15(9-22-12)13-4-3-5-14(8-13)18(2,20)21/h3-5,8-9H,6-7,10-11H2,1-2H3. The van der Waals surface area contributed by atoms with Crippen LogP contribution in [0.5, 0.6) is 0 Å². The maximum atomic E-state index is 13.6. The Kier molecular flexibility index (Phi) is 3.71. The fourth-order valence-corrected chi connectivity index (χ4v) is 3.12. The van der Waals surface area contributed by atoms with Crippen LogP contribution in [0.25, 0.3) is 11.3 Å². The van der Waals surface area contributed by atoms with Crippen molar-refractivity contribution in [2.75, 3.05) is 6.54 Å². The Balaban J connectivity index is 1.61. The fourth-order valence-electron chi connectivity index (χ4n) is 3.12. The molecular weight excluding hydrogens is 340 g/mol. The Morgan fingerprint density at radius 1 is 1.35 bits per heavy atom. The van der Waals surface area contributed by atoms with Gasteiger partial charge in [-0.15, -0.1) is 0 Å². The molecule has 0 atom stereocenters. The van der Waals surface area contributed by atoms with Gasteiger partial charge in [-0.1, -0.05) is 18.2 Å². The molecule has 1 aliphatic carbocycles.